The van der Waals surface area contributed by atoms with Crippen LogP contribution in [-0.4, -0.2) is 21.2 Å². The highest BCUT2D eigenvalue weighted by atomic mass is 28.3. The summed E-state index contributed by atoms with van der Waals surface area (Å²) in [5.74, 6) is 0. The summed E-state index contributed by atoms with van der Waals surface area (Å²) in [6.45, 7) is 11.3. The van der Waals surface area contributed by atoms with Crippen molar-refractivity contribution < 1.29 is 4.84 Å². The average molecular weight is 217 g/mol. The van der Waals surface area contributed by atoms with Crippen LogP contribution in [0.15, 0.2) is 0 Å². The lowest BCUT2D eigenvalue weighted by Gasteiger charge is -2.15. The standard InChI is InChI=1S/C11H27NOSi/c1-5-6-7-9-12-13-10-8-11-14(2,3)4/h12H,5-11H2,1-4H3. The van der Waals surface area contributed by atoms with Gasteiger partial charge in [-0.3, -0.25) is 0 Å². The van der Waals surface area contributed by atoms with E-state index in [4.69, 9.17) is 4.84 Å². The van der Waals surface area contributed by atoms with Crippen LogP contribution in [0.5, 0.6) is 0 Å². The van der Waals surface area contributed by atoms with Crippen LogP contribution in [0.4, 0.5) is 0 Å². The first-order chi connectivity index (χ1) is 6.56. The molecule has 0 spiro atoms. The van der Waals surface area contributed by atoms with Crippen molar-refractivity contribution >= 4 is 8.07 Å². The molecule has 0 aromatic carbocycles. The summed E-state index contributed by atoms with van der Waals surface area (Å²) < 4.78 is 0. The van der Waals surface area contributed by atoms with Gasteiger partial charge in [0.15, 0.2) is 0 Å². The van der Waals surface area contributed by atoms with Crippen LogP contribution < -0.4 is 5.48 Å². The van der Waals surface area contributed by atoms with E-state index in [0.29, 0.717) is 0 Å². The molecule has 0 aliphatic carbocycles. The maximum Gasteiger partial charge on any atom is 0.0679 e. The summed E-state index contributed by atoms with van der Waals surface area (Å²) in [5, 5.41) is 0. The normalized spacial score (nSPS) is 12.0. The first-order valence-electron chi connectivity index (χ1n) is 5.91. The molecule has 0 atom stereocenters. The van der Waals surface area contributed by atoms with Gasteiger partial charge in [0.1, 0.15) is 0 Å². The highest BCUT2D eigenvalue weighted by molar-refractivity contribution is 6.76. The molecule has 3 heteroatoms. The highest BCUT2D eigenvalue weighted by Gasteiger charge is 2.11. The molecule has 0 rings (SSSR count). The van der Waals surface area contributed by atoms with Gasteiger partial charge in [-0.2, -0.15) is 0 Å². The minimum absolute atomic E-state index is 0.846. The van der Waals surface area contributed by atoms with E-state index in [1.807, 2.05) is 0 Å². The van der Waals surface area contributed by atoms with Crippen LogP contribution in [0.2, 0.25) is 25.7 Å². The van der Waals surface area contributed by atoms with Crippen molar-refractivity contribution in [2.24, 2.45) is 0 Å². The molecule has 0 bridgehead atoms. The van der Waals surface area contributed by atoms with Crippen molar-refractivity contribution in [3.63, 3.8) is 0 Å². The van der Waals surface area contributed by atoms with Crippen molar-refractivity contribution in [2.45, 2.75) is 58.3 Å². The zero-order chi connectivity index (χ0) is 10.9. The summed E-state index contributed by atoms with van der Waals surface area (Å²) in [6.07, 6.45) is 5.00. The molecule has 0 amide bonds. The van der Waals surface area contributed by atoms with Gasteiger partial charge >= 0.3 is 0 Å². The first-order valence-corrected chi connectivity index (χ1v) is 9.61. The number of unbranched alkanes of at least 4 members (excludes halogenated alkanes) is 2. The predicted octanol–water partition coefficient (Wildman–Crippen LogP) is 3.43. The van der Waals surface area contributed by atoms with E-state index >= 15 is 0 Å². The molecule has 0 heterocycles. The van der Waals surface area contributed by atoms with Crippen molar-refractivity contribution in [3.8, 4) is 0 Å². The highest BCUT2D eigenvalue weighted by Crippen LogP contribution is 2.10. The molecular weight excluding hydrogens is 190 g/mol. The third-order valence-electron chi connectivity index (χ3n) is 2.16. The molecule has 0 aromatic rings. The number of rotatable bonds is 9. The van der Waals surface area contributed by atoms with Gasteiger partial charge in [0.2, 0.25) is 0 Å². The lowest BCUT2D eigenvalue weighted by atomic mass is 10.3. The van der Waals surface area contributed by atoms with Crippen LogP contribution in [-0.2, 0) is 4.84 Å². The fourth-order valence-corrected chi connectivity index (χ4v) is 2.47. The number of hydrogen-bond acceptors (Lipinski definition) is 2. The number of hydrogen-bond donors (Lipinski definition) is 1. The minimum atomic E-state index is -0.846. The van der Waals surface area contributed by atoms with Gasteiger partial charge in [-0.15, -0.1) is 0 Å². The average Bonchev–Trinajstić information content (AvgIpc) is 2.08. The van der Waals surface area contributed by atoms with E-state index in [0.717, 1.165) is 13.2 Å². The second-order valence-electron chi connectivity index (χ2n) is 5.11. The van der Waals surface area contributed by atoms with Gasteiger partial charge in [0.25, 0.3) is 0 Å². The van der Waals surface area contributed by atoms with Gasteiger partial charge in [-0.1, -0.05) is 45.5 Å². The predicted molar refractivity (Wildman–Crippen MR) is 66.2 cm³/mol. The van der Waals surface area contributed by atoms with Gasteiger partial charge in [-0.25, -0.2) is 5.48 Å². The lowest BCUT2D eigenvalue weighted by Crippen LogP contribution is -2.22. The molecule has 0 fully saturated rings. The van der Waals surface area contributed by atoms with Crippen molar-refractivity contribution in [1.29, 1.82) is 0 Å². The summed E-state index contributed by atoms with van der Waals surface area (Å²) in [4.78, 5) is 5.35. The van der Waals surface area contributed by atoms with Crippen molar-refractivity contribution in [3.05, 3.63) is 0 Å². The van der Waals surface area contributed by atoms with E-state index in [1.165, 1.54) is 31.7 Å². The second kappa shape index (κ2) is 8.45. The zero-order valence-electron chi connectivity index (χ0n) is 10.4. The largest absolute Gasteiger partial charge is 0.302 e. The SMILES string of the molecule is CCCCCNOCCC[Si](C)(C)C. The van der Waals surface area contributed by atoms with E-state index in [-0.39, 0.29) is 0 Å². The number of nitrogens with one attached hydrogen (secondary N) is 1. The molecule has 0 aliphatic rings. The van der Waals surface area contributed by atoms with Gasteiger partial charge in [0, 0.05) is 14.6 Å². The van der Waals surface area contributed by atoms with Crippen LogP contribution in [0.1, 0.15) is 32.6 Å². The van der Waals surface area contributed by atoms with Crippen molar-refractivity contribution in [1.82, 2.24) is 5.48 Å². The maximum atomic E-state index is 5.35. The molecule has 0 aliphatic heterocycles. The Kier molecular flexibility index (Phi) is 8.53. The maximum absolute atomic E-state index is 5.35. The van der Waals surface area contributed by atoms with E-state index < -0.39 is 8.07 Å². The summed E-state index contributed by atoms with van der Waals surface area (Å²) in [5.41, 5.74) is 3.02. The third kappa shape index (κ3) is 12.1. The summed E-state index contributed by atoms with van der Waals surface area (Å²) >= 11 is 0. The number of hydroxylamine groups is 1. The lowest BCUT2D eigenvalue weighted by molar-refractivity contribution is 0.0407. The quantitative estimate of drug-likeness (QED) is 0.363. The Morgan fingerprint density at radius 2 is 1.79 bits per heavy atom. The Bertz CT molecular complexity index is 123. The fourth-order valence-electron chi connectivity index (χ4n) is 1.27. The van der Waals surface area contributed by atoms with E-state index in [1.54, 1.807) is 0 Å². The third-order valence-corrected chi connectivity index (χ3v) is 4.01. The van der Waals surface area contributed by atoms with Gasteiger partial charge in [0.05, 0.1) is 6.61 Å². The van der Waals surface area contributed by atoms with E-state index in [2.05, 4.69) is 32.0 Å². The zero-order valence-corrected chi connectivity index (χ0v) is 11.4. The molecule has 2 nitrogen and oxygen atoms in total. The molecule has 0 radical (unpaired) electrons. The molecule has 14 heavy (non-hydrogen) atoms. The molecule has 1 N–H and O–H groups in total. The molecule has 0 saturated carbocycles. The summed E-state index contributed by atoms with van der Waals surface area (Å²) in [7, 11) is -0.846. The molecular formula is C11H27NOSi. The Balaban J connectivity index is 2.99. The smallest absolute Gasteiger partial charge is 0.0679 e. The second-order valence-corrected chi connectivity index (χ2v) is 10.7. The van der Waals surface area contributed by atoms with Crippen LogP contribution >= 0.6 is 0 Å². The fraction of sp³-hybridized carbons (Fsp3) is 1.00. The molecule has 0 unspecified atom stereocenters. The van der Waals surface area contributed by atoms with Crippen LogP contribution in [0, 0.1) is 0 Å². The van der Waals surface area contributed by atoms with E-state index in [9.17, 15) is 0 Å². The first kappa shape index (κ1) is 14.1. The minimum Gasteiger partial charge on any atom is -0.302 e. The molecule has 0 saturated heterocycles. The topological polar surface area (TPSA) is 21.3 Å². The van der Waals surface area contributed by atoms with Gasteiger partial charge in [-0.05, 0) is 12.8 Å². The molecule has 0 aromatic heterocycles. The Morgan fingerprint density at radius 3 is 2.36 bits per heavy atom. The Hall–Kier alpha value is 0.137. The Morgan fingerprint density at radius 1 is 1.07 bits per heavy atom. The monoisotopic (exact) mass is 217 g/mol. The van der Waals surface area contributed by atoms with Gasteiger partial charge < -0.3 is 4.84 Å². The van der Waals surface area contributed by atoms with Crippen LogP contribution in [0.25, 0.3) is 0 Å². The Labute approximate surface area is 90.4 Å². The summed E-state index contributed by atoms with van der Waals surface area (Å²) in [6, 6.07) is 1.36. The van der Waals surface area contributed by atoms with Crippen LogP contribution in [0.3, 0.4) is 0 Å². The molecule has 86 valence electrons. The van der Waals surface area contributed by atoms with Crippen molar-refractivity contribution in [2.75, 3.05) is 13.2 Å².